The minimum Gasteiger partial charge on any atom is -0.493 e. The first-order chi connectivity index (χ1) is 8.11. The highest BCUT2D eigenvalue weighted by molar-refractivity contribution is 6.18. The topological polar surface area (TPSA) is 77.3 Å². The van der Waals surface area contributed by atoms with Crippen molar-refractivity contribution in [1.29, 1.82) is 0 Å². The summed E-state index contributed by atoms with van der Waals surface area (Å²) in [5.74, 6) is -0.765. The molecular weight excluding hydrogens is 224 g/mol. The van der Waals surface area contributed by atoms with E-state index in [1.807, 2.05) is 0 Å². The largest absolute Gasteiger partial charge is 0.493 e. The minimum atomic E-state index is -0.561. The van der Waals surface area contributed by atoms with E-state index in [1.54, 1.807) is 0 Å². The highest BCUT2D eigenvalue weighted by Gasteiger charge is 2.30. The zero-order valence-corrected chi connectivity index (χ0v) is 9.34. The van der Waals surface area contributed by atoms with E-state index in [1.165, 1.54) is 32.5 Å². The van der Waals surface area contributed by atoms with Gasteiger partial charge in [0.05, 0.1) is 12.8 Å². The lowest BCUT2D eigenvalue weighted by atomic mass is 9.95. The normalized spacial score (nSPS) is 22.1. The number of methoxy groups -OCH3 is 1. The van der Waals surface area contributed by atoms with Crippen LogP contribution in [0.1, 0.15) is 6.92 Å². The molecule has 0 spiro atoms. The Hall–Kier alpha value is -2.24. The second kappa shape index (κ2) is 4.32. The number of carbonyl (C=O) groups excluding carboxylic acids is 2. The maximum Gasteiger partial charge on any atom is 0.308 e. The monoisotopic (exact) mass is 234 g/mol. The van der Waals surface area contributed by atoms with Crippen molar-refractivity contribution in [2.24, 2.45) is 15.9 Å². The number of esters is 1. The van der Waals surface area contributed by atoms with Gasteiger partial charge in [-0.15, -0.1) is 0 Å². The van der Waals surface area contributed by atoms with Crippen LogP contribution in [-0.4, -0.2) is 31.0 Å². The van der Waals surface area contributed by atoms with Gasteiger partial charge in [-0.1, -0.05) is 0 Å². The van der Waals surface area contributed by atoms with Gasteiger partial charge in [-0.3, -0.25) is 9.59 Å². The molecule has 2 rings (SSSR count). The van der Waals surface area contributed by atoms with Crippen molar-refractivity contribution in [1.82, 2.24) is 0 Å². The van der Waals surface area contributed by atoms with Crippen LogP contribution in [0.4, 0.5) is 0 Å². The van der Waals surface area contributed by atoms with Gasteiger partial charge in [0.15, 0.2) is 11.5 Å². The minimum absolute atomic E-state index is 0.248. The highest BCUT2D eigenvalue weighted by Crippen LogP contribution is 2.25. The van der Waals surface area contributed by atoms with Crippen molar-refractivity contribution in [3.63, 3.8) is 0 Å². The van der Waals surface area contributed by atoms with Crippen LogP contribution >= 0.6 is 0 Å². The van der Waals surface area contributed by atoms with E-state index >= 15 is 0 Å². The molecule has 6 nitrogen and oxygen atoms in total. The van der Waals surface area contributed by atoms with Crippen LogP contribution < -0.4 is 0 Å². The number of amides is 1. The Morgan fingerprint density at radius 3 is 2.82 bits per heavy atom. The number of ether oxygens (including phenoxy) is 2. The molecule has 17 heavy (non-hydrogen) atoms. The molecule has 2 aliphatic rings. The Balaban J connectivity index is 2.37. The van der Waals surface area contributed by atoms with Crippen molar-refractivity contribution in [3.8, 4) is 0 Å². The maximum absolute atomic E-state index is 11.5. The van der Waals surface area contributed by atoms with Gasteiger partial charge < -0.3 is 9.47 Å². The summed E-state index contributed by atoms with van der Waals surface area (Å²) >= 11 is 0. The molecule has 0 aromatic heterocycles. The van der Waals surface area contributed by atoms with E-state index in [2.05, 4.69) is 9.98 Å². The molecule has 1 atom stereocenters. The molecule has 6 heteroatoms. The van der Waals surface area contributed by atoms with Gasteiger partial charge in [0.25, 0.3) is 5.91 Å². The lowest BCUT2D eigenvalue weighted by Gasteiger charge is -2.20. The van der Waals surface area contributed by atoms with Crippen LogP contribution in [0, 0.1) is 5.92 Å². The fraction of sp³-hybridized carbons (Fsp3) is 0.273. The Labute approximate surface area is 97.3 Å². The zero-order valence-electron chi connectivity index (χ0n) is 9.34. The fourth-order valence-corrected chi connectivity index (χ4v) is 1.57. The van der Waals surface area contributed by atoms with E-state index in [0.717, 1.165) is 0 Å². The molecule has 88 valence electrons. The average Bonchev–Trinajstić information content (AvgIpc) is 2.28. The van der Waals surface area contributed by atoms with E-state index in [9.17, 15) is 9.59 Å². The molecular formula is C11H10N2O4. The zero-order chi connectivity index (χ0) is 12.4. The third kappa shape index (κ3) is 2.15. The molecule has 1 heterocycles. The number of fused-ring (bicyclic) bond motifs is 1. The molecule has 1 unspecified atom stereocenters. The van der Waals surface area contributed by atoms with Gasteiger partial charge in [0.2, 0.25) is 0 Å². The number of hydrogen-bond acceptors (Lipinski definition) is 5. The molecule has 0 N–H and O–H groups in total. The number of allylic oxidation sites excluding steroid dienone is 1. The Morgan fingerprint density at radius 1 is 1.41 bits per heavy atom. The van der Waals surface area contributed by atoms with Gasteiger partial charge in [-0.25, -0.2) is 9.98 Å². The Bertz CT molecular complexity index is 500. The second-order valence-corrected chi connectivity index (χ2v) is 3.45. The molecule has 1 aliphatic heterocycles. The van der Waals surface area contributed by atoms with Gasteiger partial charge >= 0.3 is 5.97 Å². The standard InChI is InChI=1S/C11H10N2O4/c1-6(14)17-10-4-8-7(3-9(10)16-2)11(15)13-5-12-8/h3-5,7H,1-2H3. The first-order valence-corrected chi connectivity index (χ1v) is 4.92. The third-order valence-electron chi connectivity index (χ3n) is 2.29. The number of rotatable bonds is 2. The van der Waals surface area contributed by atoms with E-state index < -0.39 is 11.9 Å². The van der Waals surface area contributed by atoms with Crippen molar-refractivity contribution >= 4 is 23.9 Å². The van der Waals surface area contributed by atoms with Crippen LogP contribution in [-0.2, 0) is 19.1 Å². The maximum atomic E-state index is 11.5. The van der Waals surface area contributed by atoms with Gasteiger partial charge in [-0.05, 0) is 6.08 Å². The van der Waals surface area contributed by atoms with Crippen molar-refractivity contribution < 1.29 is 19.1 Å². The fourth-order valence-electron chi connectivity index (χ4n) is 1.57. The van der Waals surface area contributed by atoms with E-state index in [0.29, 0.717) is 11.5 Å². The Kier molecular flexibility index (Phi) is 2.86. The van der Waals surface area contributed by atoms with Crippen LogP contribution in [0.3, 0.4) is 0 Å². The molecule has 1 aliphatic carbocycles. The molecule has 0 radical (unpaired) electrons. The number of nitrogens with zero attached hydrogens (tertiary/aromatic N) is 2. The van der Waals surface area contributed by atoms with E-state index in [-0.39, 0.29) is 11.7 Å². The molecule has 1 amide bonds. The molecule has 0 saturated heterocycles. The van der Waals surface area contributed by atoms with Gasteiger partial charge in [0, 0.05) is 13.0 Å². The van der Waals surface area contributed by atoms with Crippen LogP contribution in [0.25, 0.3) is 0 Å². The summed E-state index contributed by atoms with van der Waals surface area (Å²) in [5, 5.41) is 0. The molecule has 0 aromatic carbocycles. The van der Waals surface area contributed by atoms with Crippen molar-refractivity contribution in [2.45, 2.75) is 6.92 Å². The molecule has 0 bridgehead atoms. The predicted molar refractivity (Wildman–Crippen MR) is 59.4 cm³/mol. The van der Waals surface area contributed by atoms with Gasteiger partial charge in [-0.2, -0.15) is 0 Å². The first-order valence-electron chi connectivity index (χ1n) is 4.92. The summed E-state index contributed by atoms with van der Waals surface area (Å²) in [4.78, 5) is 30.0. The summed E-state index contributed by atoms with van der Waals surface area (Å²) in [6, 6.07) is 0. The lowest BCUT2D eigenvalue weighted by molar-refractivity contribution is -0.137. The third-order valence-corrected chi connectivity index (χ3v) is 2.29. The number of aliphatic imine (C=N–C) groups is 2. The SMILES string of the molecule is COC1=CC2C(=O)N=CN=C2C=C1OC(C)=O. The van der Waals surface area contributed by atoms with E-state index in [4.69, 9.17) is 9.47 Å². The van der Waals surface area contributed by atoms with Gasteiger partial charge in [0.1, 0.15) is 12.3 Å². The Morgan fingerprint density at radius 2 is 2.18 bits per heavy atom. The number of hydrogen-bond donors (Lipinski definition) is 0. The summed E-state index contributed by atoms with van der Waals surface area (Å²) in [6.45, 7) is 1.29. The summed E-state index contributed by atoms with van der Waals surface area (Å²) < 4.78 is 10.0. The van der Waals surface area contributed by atoms with Crippen LogP contribution in [0.2, 0.25) is 0 Å². The van der Waals surface area contributed by atoms with Crippen molar-refractivity contribution in [2.75, 3.05) is 7.11 Å². The highest BCUT2D eigenvalue weighted by atomic mass is 16.6. The quantitative estimate of drug-likeness (QED) is 0.655. The molecule has 0 aromatic rings. The van der Waals surface area contributed by atoms with Crippen molar-refractivity contribution in [3.05, 3.63) is 23.7 Å². The van der Waals surface area contributed by atoms with Crippen LogP contribution in [0.15, 0.2) is 33.7 Å². The summed E-state index contributed by atoms with van der Waals surface area (Å²) in [6.07, 6.45) is 4.23. The molecule has 0 saturated carbocycles. The molecule has 0 fully saturated rings. The predicted octanol–water partition coefficient (Wildman–Crippen LogP) is 0.603. The van der Waals surface area contributed by atoms with Crippen LogP contribution in [0.5, 0.6) is 0 Å². The average molecular weight is 234 g/mol. The summed E-state index contributed by atoms with van der Waals surface area (Å²) in [5.41, 5.74) is 0.488. The number of carbonyl (C=O) groups is 2. The lowest BCUT2D eigenvalue weighted by Crippen LogP contribution is -2.27. The smallest absolute Gasteiger partial charge is 0.308 e. The second-order valence-electron chi connectivity index (χ2n) is 3.45. The summed E-state index contributed by atoms with van der Waals surface area (Å²) in [7, 11) is 1.43. The first kappa shape index (κ1) is 11.3.